The zero-order valence-electron chi connectivity index (χ0n) is 14.4. The van der Waals surface area contributed by atoms with E-state index in [9.17, 15) is 25.5 Å². The molecule has 10 nitrogen and oxygen atoms in total. The van der Waals surface area contributed by atoms with Crippen molar-refractivity contribution in [3.05, 3.63) is 11.9 Å². The molecule has 1 aromatic rings. The first-order chi connectivity index (χ1) is 12.4. The zero-order chi connectivity index (χ0) is 19.0. The van der Waals surface area contributed by atoms with Crippen molar-refractivity contribution >= 4 is 11.8 Å². The monoisotopic (exact) mass is 392 g/mol. The van der Waals surface area contributed by atoms with E-state index in [1.807, 2.05) is 0 Å². The molecule has 2 aliphatic heterocycles. The van der Waals surface area contributed by atoms with Gasteiger partial charge in [-0.2, -0.15) is 0 Å². The van der Waals surface area contributed by atoms with Gasteiger partial charge in [0.1, 0.15) is 42.7 Å². The summed E-state index contributed by atoms with van der Waals surface area (Å²) in [7, 11) is 1.40. The van der Waals surface area contributed by atoms with Crippen molar-refractivity contribution in [2.45, 2.75) is 54.1 Å². The maximum absolute atomic E-state index is 10.6. The lowest BCUT2D eigenvalue weighted by molar-refractivity contribution is -0.273. The van der Waals surface area contributed by atoms with E-state index in [1.54, 1.807) is 17.0 Å². The van der Waals surface area contributed by atoms with Crippen molar-refractivity contribution in [3.8, 4) is 0 Å². The molecule has 2 aliphatic rings. The number of thioether (sulfide) groups is 1. The van der Waals surface area contributed by atoms with E-state index >= 15 is 0 Å². The van der Waals surface area contributed by atoms with Crippen LogP contribution in [0.1, 0.15) is 17.8 Å². The van der Waals surface area contributed by atoms with Gasteiger partial charge >= 0.3 is 0 Å². The summed E-state index contributed by atoms with van der Waals surface area (Å²) in [5.41, 5.74) is 0.388. The standard InChI is InChI=1S/C15H24N2O8S/c1-23-14-9(12(22)11(21)8(4-18)25-14)17-3-6(16-15(17)26-2)13-10(20)7(19)5-24-13/h3,7-14,18-22H,4-5H2,1-2H3/t7-,8-,9-,10-,11-,12-,13+,14+/m1/s1. The van der Waals surface area contributed by atoms with Crippen LogP contribution in [0.3, 0.4) is 0 Å². The topological polar surface area (TPSA) is 147 Å². The fourth-order valence-corrected chi connectivity index (χ4v) is 3.90. The van der Waals surface area contributed by atoms with Crippen LogP contribution in [0.15, 0.2) is 11.4 Å². The molecule has 2 saturated heterocycles. The molecule has 3 heterocycles. The van der Waals surface area contributed by atoms with Crippen LogP contribution < -0.4 is 0 Å². The van der Waals surface area contributed by atoms with Crippen LogP contribution in [-0.4, -0.2) is 98.5 Å². The van der Waals surface area contributed by atoms with Gasteiger partial charge in [-0.25, -0.2) is 4.98 Å². The fraction of sp³-hybridized carbons (Fsp3) is 0.800. The molecular formula is C15H24N2O8S. The number of ether oxygens (including phenoxy) is 3. The molecule has 0 aromatic carbocycles. The molecular weight excluding hydrogens is 368 g/mol. The van der Waals surface area contributed by atoms with Gasteiger partial charge in [0.15, 0.2) is 11.4 Å². The molecule has 2 fully saturated rings. The summed E-state index contributed by atoms with van der Waals surface area (Å²) in [6.45, 7) is -0.463. The maximum Gasteiger partial charge on any atom is 0.181 e. The number of hydrogen-bond acceptors (Lipinski definition) is 10. The Morgan fingerprint density at radius 3 is 2.54 bits per heavy atom. The maximum atomic E-state index is 10.6. The average molecular weight is 392 g/mol. The van der Waals surface area contributed by atoms with Gasteiger partial charge in [-0.15, -0.1) is 0 Å². The summed E-state index contributed by atoms with van der Waals surface area (Å²) in [5, 5.41) is 50.3. The van der Waals surface area contributed by atoms with E-state index in [-0.39, 0.29) is 6.61 Å². The first-order valence-corrected chi connectivity index (χ1v) is 9.41. The van der Waals surface area contributed by atoms with Gasteiger partial charge in [-0.3, -0.25) is 0 Å². The van der Waals surface area contributed by atoms with Crippen LogP contribution in [0.5, 0.6) is 0 Å². The normalized spacial score (nSPS) is 40.9. The Balaban J connectivity index is 1.94. The lowest BCUT2D eigenvalue weighted by atomic mass is 9.97. The van der Waals surface area contributed by atoms with Gasteiger partial charge in [0, 0.05) is 13.3 Å². The van der Waals surface area contributed by atoms with Gasteiger partial charge in [0.2, 0.25) is 0 Å². The van der Waals surface area contributed by atoms with Gasteiger partial charge in [-0.1, -0.05) is 11.8 Å². The smallest absolute Gasteiger partial charge is 0.181 e. The average Bonchev–Trinajstić information content (AvgIpc) is 3.20. The summed E-state index contributed by atoms with van der Waals surface area (Å²) >= 11 is 1.29. The third-order valence-corrected chi connectivity index (χ3v) is 5.41. The van der Waals surface area contributed by atoms with Crippen molar-refractivity contribution in [2.75, 3.05) is 26.6 Å². The molecule has 26 heavy (non-hydrogen) atoms. The second kappa shape index (κ2) is 8.09. The first kappa shape index (κ1) is 20.0. The zero-order valence-corrected chi connectivity index (χ0v) is 15.2. The number of aliphatic hydroxyl groups excluding tert-OH is 5. The van der Waals surface area contributed by atoms with E-state index in [0.717, 1.165) is 0 Å². The number of rotatable bonds is 5. The van der Waals surface area contributed by atoms with E-state index in [0.29, 0.717) is 10.9 Å². The summed E-state index contributed by atoms with van der Waals surface area (Å²) in [5.74, 6) is 0. The number of aromatic nitrogens is 2. The van der Waals surface area contributed by atoms with Gasteiger partial charge in [-0.05, 0) is 6.26 Å². The first-order valence-electron chi connectivity index (χ1n) is 8.18. The van der Waals surface area contributed by atoms with Crippen molar-refractivity contribution in [2.24, 2.45) is 0 Å². The largest absolute Gasteiger partial charge is 0.394 e. The number of imidazole rings is 1. The van der Waals surface area contributed by atoms with Crippen LogP contribution in [0.4, 0.5) is 0 Å². The SMILES string of the molecule is CO[C@H]1O[C@H](CO)[C@@H](O)[C@H](O)[C@H]1n1cc([C@@H]2OC[C@@H](O)[C@H]2O)nc1SC. The van der Waals surface area contributed by atoms with Crippen LogP contribution >= 0.6 is 11.8 Å². The molecule has 0 radical (unpaired) electrons. The van der Waals surface area contributed by atoms with Gasteiger partial charge in [0.25, 0.3) is 0 Å². The number of nitrogens with zero attached hydrogens (tertiary/aromatic N) is 2. The Morgan fingerprint density at radius 2 is 2.00 bits per heavy atom. The highest BCUT2D eigenvalue weighted by atomic mass is 32.2. The Bertz CT molecular complexity index is 614. The molecule has 0 bridgehead atoms. The van der Waals surface area contributed by atoms with Crippen LogP contribution in [-0.2, 0) is 14.2 Å². The molecule has 0 saturated carbocycles. The van der Waals surface area contributed by atoms with Crippen molar-refractivity contribution in [1.82, 2.24) is 9.55 Å². The van der Waals surface area contributed by atoms with E-state index in [1.165, 1.54) is 18.9 Å². The van der Waals surface area contributed by atoms with Crippen LogP contribution in [0.25, 0.3) is 0 Å². The van der Waals surface area contributed by atoms with Gasteiger partial charge < -0.3 is 44.3 Å². The lowest BCUT2D eigenvalue weighted by Crippen LogP contribution is -2.56. The predicted octanol–water partition coefficient (Wildman–Crippen LogP) is -1.98. The van der Waals surface area contributed by atoms with E-state index in [4.69, 9.17) is 14.2 Å². The summed E-state index contributed by atoms with van der Waals surface area (Å²) in [4.78, 5) is 4.41. The molecule has 5 N–H and O–H groups in total. The lowest BCUT2D eigenvalue weighted by Gasteiger charge is -2.42. The molecule has 0 amide bonds. The minimum absolute atomic E-state index is 0.0000490. The van der Waals surface area contributed by atoms with E-state index < -0.39 is 55.6 Å². The Kier molecular flexibility index (Phi) is 6.22. The Morgan fingerprint density at radius 1 is 1.27 bits per heavy atom. The number of aliphatic hydroxyl groups is 5. The molecule has 0 unspecified atom stereocenters. The summed E-state index contributed by atoms with van der Waals surface area (Å²) in [6.07, 6.45) is -4.03. The summed E-state index contributed by atoms with van der Waals surface area (Å²) in [6, 6.07) is -0.829. The molecule has 8 atom stereocenters. The second-order valence-electron chi connectivity index (χ2n) is 6.30. The van der Waals surface area contributed by atoms with Crippen molar-refractivity contribution in [3.63, 3.8) is 0 Å². The molecule has 0 spiro atoms. The van der Waals surface area contributed by atoms with Crippen LogP contribution in [0.2, 0.25) is 0 Å². The van der Waals surface area contributed by atoms with Crippen molar-refractivity contribution < 1.29 is 39.7 Å². The Labute approximate surface area is 154 Å². The molecule has 148 valence electrons. The minimum Gasteiger partial charge on any atom is -0.394 e. The molecule has 0 aliphatic carbocycles. The second-order valence-corrected chi connectivity index (χ2v) is 7.08. The van der Waals surface area contributed by atoms with Crippen LogP contribution in [0, 0.1) is 0 Å². The number of methoxy groups -OCH3 is 1. The highest BCUT2D eigenvalue weighted by Crippen LogP contribution is 2.36. The molecule has 11 heteroatoms. The molecule has 3 rings (SSSR count). The fourth-order valence-electron chi connectivity index (χ4n) is 3.32. The summed E-state index contributed by atoms with van der Waals surface area (Å²) < 4.78 is 17.8. The highest BCUT2D eigenvalue weighted by Gasteiger charge is 2.47. The van der Waals surface area contributed by atoms with Gasteiger partial charge in [0.05, 0.1) is 18.9 Å². The van der Waals surface area contributed by atoms with Crippen molar-refractivity contribution in [1.29, 1.82) is 0 Å². The predicted molar refractivity (Wildman–Crippen MR) is 88.5 cm³/mol. The third kappa shape index (κ3) is 3.39. The number of hydrogen-bond donors (Lipinski definition) is 5. The third-order valence-electron chi connectivity index (χ3n) is 4.74. The quantitative estimate of drug-likeness (QED) is 0.357. The molecule has 1 aromatic heterocycles. The van der Waals surface area contributed by atoms with E-state index in [2.05, 4.69) is 4.98 Å². The minimum atomic E-state index is -1.31. The Hall–Kier alpha value is -0.760. The highest BCUT2D eigenvalue weighted by molar-refractivity contribution is 7.98.